The van der Waals surface area contributed by atoms with Crippen molar-refractivity contribution in [2.75, 3.05) is 19.6 Å². The minimum Gasteiger partial charge on any atom is -0.481 e. The van der Waals surface area contributed by atoms with Crippen LogP contribution in [0.15, 0.2) is 0 Å². The molecule has 5 heteroatoms. The molecule has 2 rings (SSSR count). The molecule has 1 aliphatic heterocycles. The van der Waals surface area contributed by atoms with E-state index in [4.69, 9.17) is 5.11 Å². The van der Waals surface area contributed by atoms with Gasteiger partial charge in [0, 0.05) is 32.1 Å². The highest BCUT2D eigenvalue weighted by molar-refractivity contribution is 5.76. The average molecular weight is 282 g/mol. The number of carbonyl (C=O) groups excluding carboxylic acids is 1. The molecule has 0 bridgehead atoms. The molecule has 0 radical (unpaired) electrons. The third-order valence-electron chi connectivity index (χ3n) is 4.71. The van der Waals surface area contributed by atoms with E-state index in [-0.39, 0.29) is 17.7 Å². The number of aliphatic carboxylic acids is 1. The summed E-state index contributed by atoms with van der Waals surface area (Å²) in [5, 5.41) is 12.0. The van der Waals surface area contributed by atoms with Gasteiger partial charge in [-0.25, -0.2) is 0 Å². The molecule has 2 aliphatic rings. The lowest BCUT2D eigenvalue weighted by atomic mass is 9.87. The molecule has 20 heavy (non-hydrogen) atoms. The summed E-state index contributed by atoms with van der Waals surface area (Å²) in [7, 11) is 0. The molecule has 1 heterocycles. The Morgan fingerprint density at radius 2 is 1.90 bits per heavy atom. The lowest BCUT2D eigenvalue weighted by Gasteiger charge is -2.41. The van der Waals surface area contributed by atoms with Crippen LogP contribution in [0.3, 0.4) is 0 Å². The first-order valence-corrected chi connectivity index (χ1v) is 7.81. The van der Waals surface area contributed by atoms with E-state index in [2.05, 4.69) is 10.2 Å². The van der Waals surface area contributed by atoms with Gasteiger partial charge < -0.3 is 15.3 Å². The fourth-order valence-corrected chi connectivity index (χ4v) is 3.12. The second-order valence-electron chi connectivity index (χ2n) is 6.30. The van der Waals surface area contributed by atoms with Crippen molar-refractivity contribution >= 4 is 11.9 Å². The second kappa shape index (κ2) is 7.07. The van der Waals surface area contributed by atoms with Gasteiger partial charge in [-0.3, -0.25) is 9.59 Å². The van der Waals surface area contributed by atoms with Crippen LogP contribution in [0.1, 0.15) is 45.4 Å². The molecule has 5 nitrogen and oxygen atoms in total. The van der Waals surface area contributed by atoms with Crippen molar-refractivity contribution in [3.05, 3.63) is 0 Å². The quantitative estimate of drug-likeness (QED) is 0.774. The van der Waals surface area contributed by atoms with Crippen LogP contribution in [-0.2, 0) is 9.59 Å². The maximum atomic E-state index is 11.8. The van der Waals surface area contributed by atoms with Gasteiger partial charge >= 0.3 is 5.97 Å². The number of nitrogens with zero attached hydrogens (tertiary/aromatic N) is 1. The zero-order chi connectivity index (χ0) is 14.5. The highest BCUT2D eigenvalue weighted by Crippen LogP contribution is 2.24. The summed E-state index contributed by atoms with van der Waals surface area (Å²) < 4.78 is 0. The normalized spacial score (nSPS) is 23.1. The van der Waals surface area contributed by atoms with Crippen molar-refractivity contribution in [3.8, 4) is 0 Å². The minimum atomic E-state index is -0.718. The lowest BCUT2D eigenvalue weighted by Crippen LogP contribution is -2.51. The number of carboxylic acids is 1. The number of carboxylic acid groups (broad SMARTS) is 1. The van der Waals surface area contributed by atoms with Crippen molar-refractivity contribution in [3.63, 3.8) is 0 Å². The van der Waals surface area contributed by atoms with Crippen LogP contribution >= 0.6 is 0 Å². The molecule has 1 saturated carbocycles. The Hall–Kier alpha value is -1.10. The highest BCUT2D eigenvalue weighted by Gasteiger charge is 2.34. The van der Waals surface area contributed by atoms with E-state index in [0.29, 0.717) is 12.5 Å². The smallest absolute Gasteiger partial charge is 0.306 e. The van der Waals surface area contributed by atoms with Crippen LogP contribution in [0.4, 0.5) is 0 Å². The molecule has 0 aromatic heterocycles. The van der Waals surface area contributed by atoms with E-state index in [0.717, 1.165) is 32.5 Å². The van der Waals surface area contributed by atoms with Crippen molar-refractivity contribution in [2.45, 2.75) is 51.5 Å². The van der Waals surface area contributed by atoms with Gasteiger partial charge in [0.15, 0.2) is 0 Å². The van der Waals surface area contributed by atoms with Gasteiger partial charge in [-0.2, -0.15) is 0 Å². The van der Waals surface area contributed by atoms with Crippen LogP contribution in [0.5, 0.6) is 0 Å². The number of hydrogen-bond donors (Lipinski definition) is 2. The first-order chi connectivity index (χ1) is 9.56. The highest BCUT2D eigenvalue weighted by atomic mass is 16.4. The van der Waals surface area contributed by atoms with Crippen molar-refractivity contribution in [2.24, 2.45) is 11.8 Å². The molecule has 0 aromatic carbocycles. The van der Waals surface area contributed by atoms with E-state index in [9.17, 15) is 9.59 Å². The van der Waals surface area contributed by atoms with Crippen LogP contribution < -0.4 is 5.32 Å². The fourth-order valence-electron chi connectivity index (χ4n) is 3.12. The van der Waals surface area contributed by atoms with Crippen LogP contribution in [0.2, 0.25) is 0 Å². The molecular formula is C15H26N2O3. The summed E-state index contributed by atoms with van der Waals surface area (Å²) in [6, 6.07) is 0.382. The molecule has 0 spiro atoms. The Bertz CT molecular complexity index is 347. The average Bonchev–Trinajstić information content (AvgIpc) is 2.37. The van der Waals surface area contributed by atoms with Gasteiger partial charge in [0.2, 0.25) is 5.91 Å². The summed E-state index contributed by atoms with van der Waals surface area (Å²) >= 11 is 0. The van der Waals surface area contributed by atoms with Gasteiger partial charge in [0.1, 0.15) is 0 Å². The Morgan fingerprint density at radius 3 is 2.50 bits per heavy atom. The summed E-state index contributed by atoms with van der Waals surface area (Å²) in [6.07, 6.45) is 6.52. The SMILES string of the molecule is CC(C(=O)O)C1CN(CCC(=O)NC2CCCCC2)C1. The number of rotatable bonds is 6. The standard InChI is InChI=1S/C15H26N2O3/c1-11(15(19)20)12-9-17(10-12)8-7-14(18)16-13-5-3-2-4-6-13/h11-13H,2-10H2,1H3,(H,16,18)(H,19,20). The molecule has 1 amide bonds. The topological polar surface area (TPSA) is 69.6 Å². The third-order valence-corrected chi connectivity index (χ3v) is 4.71. The van der Waals surface area contributed by atoms with Crippen molar-refractivity contribution < 1.29 is 14.7 Å². The number of nitrogens with one attached hydrogen (secondary N) is 1. The van der Waals surface area contributed by atoms with Crippen molar-refractivity contribution in [1.82, 2.24) is 10.2 Å². The Labute approximate surface area is 120 Å². The van der Waals surface area contributed by atoms with Gasteiger partial charge in [-0.1, -0.05) is 26.2 Å². The number of carbonyl (C=O) groups is 2. The summed E-state index contributed by atoms with van der Waals surface area (Å²) in [6.45, 7) is 4.13. The van der Waals surface area contributed by atoms with E-state index < -0.39 is 5.97 Å². The summed E-state index contributed by atoms with van der Waals surface area (Å²) in [5.74, 6) is -0.604. The third kappa shape index (κ3) is 4.20. The second-order valence-corrected chi connectivity index (χ2v) is 6.30. The predicted octanol–water partition coefficient (Wildman–Crippen LogP) is 1.48. The summed E-state index contributed by atoms with van der Waals surface area (Å²) in [4.78, 5) is 24.9. The van der Waals surface area contributed by atoms with Gasteiger partial charge in [-0.15, -0.1) is 0 Å². The Kier molecular flexibility index (Phi) is 5.40. The van der Waals surface area contributed by atoms with Gasteiger partial charge in [0.25, 0.3) is 0 Å². The van der Waals surface area contributed by atoms with Crippen LogP contribution in [-0.4, -0.2) is 47.6 Å². The van der Waals surface area contributed by atoms with E-state index >= 15 is 0 Å². The number of likely N-dealkylation sites (tertiary alicyclic amines) is 1. The zero-order valence-electron chi connectivity index (χ0n) is 12.3. The van der Waals surface area contributed by atoms with Gasteiger partial charge in [-0.05, 0) is 18.8 Å². The van der Waals surface area contributed by atoms with Gasteiger partial charge in [0.05, 0.1) is 5.92 Å². The fraction of sp³-hybridized carbons (Fsp3) is 0.867. The van der Waals surface area contributed by atoms with Crippen molar-refractivity contribution in [1.29, 1.82) is 0 Å². The van der Waals surface area contributed by atoms with Crippen LogP contribution in [0, 0.1) is 11.8 Å². The molecular weight excluding hydrogens is 256 g/mol. The largest absolute Gasteiger partial charge is 0.481 e. The predicted molar refractivity (Wildman–Crippen MR) is 76.4 cm³/mol. The molecule has 1 saturated heterocycles. The van der Waals surface area contributed by atoms with Crippen LogP contribution in [0.25, 0.3) is 0 Å². The first-order valence-electron chi connectivity index (χ1n) is 7.81. The molecule has 1 aliphatic carbocycles. The molecule has 1 unspecified atom stereocenters. The number of hydrogen-bond acceptors (Lipinski definition) is 3. The molecule has 0 aromatic rings. The van der Waals surface area contributed by atoms with E-state index in [1.807, 2.05) is 0 Å². The number of amides is 1. The monoisotopic (exact) mass is 282 g/mol. The lowest BCUT2D eigenvalue weighted by molar-refractivity contribution is -0.145. The molecule has 2 N–H and O–H groups in total. The maximum Gasteiger partial charge on any atom is 0.306 e. The first kappa shape index (κ1) is 15.3. The Morgan fingerprint density at radius 1 is 1.25 bits per heavy atom. The Balaban J connectivity index is 1.57. The zero-order valence-corrected chi connectivity index (χ0v) is 12.3. The summed E-state index contributed by atoms with van der Waals surface area (Å²) in [5.41, 5.74) is 0. The van der Waals surface area contributed by atoms with E-state index in [1.165, 1.54) is 19.3 Å². The molecule has 2 fully saturated rings. The van der Waals surface area contributed by atoms with E-state index in [1.54, 1.807) is 6.92 Å². The molecule has 114 valence electrons. The maximum absolute atomic E-state index is 11.8. The molecule has 1 atom stereocenters. The minimum absolute atomic E-state index is 0.145.